The Kier molecular flexibility index (Phi) is 4.90. The van der Waals surface area contributed by atoms with Gasteiger partial charge in [-0.1, -0.05) is 0 Å². The van der Waals surface area contributed by atoms with Gasteiger partial charge in [0.05, 0.1) is 17.8 Å². The molecule has 1 aromatic heterocycles. The van der Waals surface area contributed by atoms with Crippen LogP contribution in [0.25, 0.3) is 0 Å². The van der Waals surface area contributed by atoms with E-state index in [2.05, 4.69) is 20.6 Å². The fraction of sp³-hybridized carbons (Fsp3) is 0.353. The molecule has 0 aliphatic carbocycles. The second kappa shape index (κ2) is 6.91. The van der Waals surface area contributed by atoms with Crippen LogP contribution in [0.4, 0.5) is 27.8 Å². The Morgan fingerprint density at radius 1 is 1.21 bits per heavy atom. The van der Waals surface area contributed by atoms with Crippen LogP contribution < -0.4 is 20.1 Å². The monoisotopic (exact) mass is 405 g/mol. The summed E-state index contributed by atoms with van der Waals surface area (Å²) in [7, 11) is -2.25. The van der Waals surface area contributed by atoms with Gasteiger partial charge in [-0.05, 0) is 45.0 Å². The van der Waals surface area contributed by atoms with Crippen LogP contribution in [-0.2, 0) is 16.8 Å². The van der Waals surface area contributed by atoms with E-state index in [9.17, 15) is 13.2 Å². The van der Waals surface area contributed by atoms with Gasteiger partial charge < -0.3 is 10.2 Å². The van der Waals surface area contributed by atoms with E-state index in [4.69, 9.17) is 5.14 Å². The average molecular weight is 405 g/mol. The first-order chi connectivity index (χ1) is 13.0. The third kappa shape index (κ3) is 3.99. The maximum absolute atomic E-state index is 12.0. The number of hydrogen-bond acceptors (Lipinski definition) is 6. The van der Waals surface area contributed by atoms with Gasteiger partial charge in [-0.3, -0.25) is 9.62 Å². The van der Waals surface area contributed by atoms with Crippen molar-refractivity contribution in [3.05, 3.63) is 36.2 Å². The molecule has 0 saturated carbocycles. The van der Waals surface area contributed by atoms with Crippen molar-refractivity contribution in [3.8, 4) is 0 Å². The molecule has 11 heteroatoms. The first kappa shape index (κ1) is 19.8. The van der Waals surface area contributed by atoms with Crippen molar-refractivity contribution in [1.29, 1.82) is 0 Å². The number of nitrogens with two attached hydrogens (primary N) is 1. The number of carbonyl (C=O) groups excluding carboxylic acids is 1. The summed E-state index contributed by atoms with van der Waals surface area (Å²) in [4.78, 5) is 21.6. The smallest absolute Gasteiger partial charge is 0.323 e. The van der Waals surface area contributed by atoms with Gasteiger partial charge in [0.2, 0.25) is 0 Å². The summed E-state index contributed by atoms with van der Waals surface area (Å²) in [6, 6.07) is 6.57. The highest BCUT2D eigenvalue weighted by Crippen LogP contribution is 2.30. The Labute approximate surface area is 163 Å². The van der Waals surface area contributed by atoms with Crippen LogP contribution in [0.2, 0.25) is 0 Å². The maximum atomic E-state index is 12.0. The average Bonchev–Trinajstić information content (AvgIpc) is 2.56. The summed E-state index contributed by atoms with van der Waals surface area (Å²) in [5.41, 5.74) is 1.20. The number of hydrogen-bond donors (Lipinski definition) is 3. The Hall–Kier alpha value is -2.92. The van der Waals surface area contributed by atoms with Gasteiger partial charge in [0.1, 0.15) is 18.0 Å². The predicted octanol–water partition coefficient (Wildman–Crippen LogP) is 2.01. The maximum Gasteiger partial charge on any atom is 0.323 e. The zero-order valence-electron chi connectivity index (χ0n) is 16.1. The number of urea groups is 1. The standard InChI is InChI=1S/C17H23N7O3S/c1-17(2,3)24(28(18,26)27)12-7-5-11(6-8-12)21-14-13-9-23(4)16(25)22-15(13)20-10-19-14/h5-8,10H,9H2,1-4H3,(H2,18,26,27)(H2,19,20,21,22,25). The molecule has 0 unspecified atom stereocenters. The van der Waals surface area contributed by atoms with E-state index in [0.717, 1.165) is 5.56 Å². The minimum atomic E-state index is -3.92. The fourth-order valence-corrected chi connectivity index (χ4v) is 4.20. The van der Waals surface area contributed by atoms with E-state index in [1.54, 1.807) is 52.1 Å². The molecule has 0 saturated heterocycles. The van der Waals surface area contributed by atoms with Gasteiger partial charge in [-0.15, -0.1) is 0 Å². The van der Waals surface area contributed by atoms with Crippen LogP contribution >= 0.6 is 0 Å². The van der Waals surface area contributed by atoms with E-state index >= 15 is 0 Å². The van der Waals surface area contributed by atoms with Gasteiger partial charge in [0.15, 0.2) is 0 Å². The molecule has 1 aromatic carbocycles. The molecule has 2 heterocycles. The molecule has 3 rings (SSSR count). The lowest BCUT2D eigenvalue weighted by Crippen LogP contribution is -2.49. The Morgan fingerprint density at radius 2 is 1.86 bits per heavy atom. The van der Waals surface area contributed by atoms with Crippen LogP contribution in [-0.4, -0.2) is 41.9 Å². The highest BCUT2D eigenvalue weighted by Gasteiger charge is 2.30. The number of nitrogens with one attached hydrogen (secondary N) is 2. The summed E-state index contributed by atoms with van der Waals surface area (Å²) in [5.74, 6) is 1.02. The summed E-state index contributed by atoms with van der Waals surface area (Å²) in [6.45, 7) is 5.66. The van der Waals surface area contributed by atoms with Crippen LogP contribution in [0, 0.1) is 0 Å². The summed E-state index contributed by atoms with van der Waals surface area (Å²) >= 11 is 0. The van der Waals surface area contributed by atoms with Gasteiger partial charge in [0.25, 0.3) is 10.2 Å². The molecular weight excluding hydrogens is 382 g/mol. The fourth-order valence-electron chi connectivity index (χ4n) is 3.02. The van der Waals surface area contributed by atoms with Gasteiger partial charge >= 0.3 is 6.03 Å². The van der Waals surface area contributed by atoms with Crippen LogP contribution in [0.15, 0.2) is 30.6 Å². The molecule has 0 fully saturated rings. The number of fused-ring (bicyclic) bond motifs is 1. The van der Waals surface area contributed by atoms with Gasteiger partial charge in [0, 0.05) is 18.3 Å². The number of carbonyl (C=O) groups is 1. The van der Waals surface area contributed by atoms with Crippen molar-refractivity contribution in [1.82, 2.24) is 14.9 Å². The molecule has 2 amide bonds. The van der Waals surface area contributed by atoms with Gasteiger partial charge in [-0.2, -0.15) is 8.42 Å². The van der Waals surface area contributed by atoms with Gasteiger partial charge in [-0.25, -0.2) is 19.9 Å². The summed E-state index contributed by atoms with van der Waals surface area (Å²) < 4.78 is 25.2. The first-order valence-corrected chi connectivity index (χ1v) is 10.0. The topological polar surface area (TPSA) is 134 Å². The molecule has 28 heavy (non-hydrogen) atoms. The summed E-state index contributed by atoms with van der Waals surface area (Å²) in [5, 5.41) is 11.3. The second-order valence-corrected chi connectivity index (χ2v) is 8.88. The molecule has 1 aliphatic rings. The molecule has 10 nitrogen and oxygen atoms in total. The predicted molar refractivity (Wildman–Crippen MR) is 108 cm³/mol. The Balaban J connectivity index is 1.88. The van der Waals surface area contributed by atoms with Crippen molar-refractivity contribution < 1.29 is 13.2 Å². The molecule has 0 atom stereocenters. The third-order valence-electron chi connectivity index (χ3n) is 4.14. The number of benzene rings is 1. The minimum Gasteiger partial charge on any atom is -0.340 e. The molecule has 1 aliphatic heterocycles. The molecule has 2 aromatic rings. The third-order valence-corrected chi connectivity index (χ3v) is 5.41. The highest BCUT2D eigenvalue weighted by atomic mass is 32.2. The number of nitrogens with zero attached hydrogens (tertiary/aromatic N) is 4. The molecule has 0 radical (unpaired) electrons. The molecule has 4 N–H and O–H groups in total. The lowest BCUT2D eigenvalue weighted by Gasteiger charge is -2.34. The van der Waals surface area contributed by atoms with E-state index in [1.165, 1.54) is 15.5 Å². The Morgan fingerprint density at radius 3 is 2.43 bits per heavy atom. The van der Waals surface area contributed by atoms with Crippen molar-refractivity contribution in [2.45, 2.75) is 32.9 Å². The van der Waals surface area contributed by atoms with Crippen molar-refractivity contribution >= 4 is 39.3 Å². The van der Waals surface area contributed by atoms with Crippen LogP contribution in [0.3, 0.4) is 0 Å². The number of anilines is 4. The van der Waals surface area contributed by atoms with Crippen LogP contribution in [0.1, 0.15) is 26.3 Å². The van der Waals surface area contributed by atoms with Crippen molar-refractivity contribution in [3.63, 3.8) is 0 Å². The quantitative estimate of drug-likeness (QED) is 0.712. The number of rotatable bonds is 4. The molecule has 0 spiro atoms. The SMILES string of the molecule is CN1Cc2c(ncnc2Nc2ccc(N(C(C)(C)C)S(N)(=O)=O)cc2)NC1=O. The second-order valence-electron chi connectivity index (χ2n) is 7.49. The summed E-state index contributed by atoms with van der Waals surface area (Å²) in [6.07, 6.45) is 1.36. The van der Waals surface area contributed by atoms with Crippen LogP contribution in [0.5, 0.6) is 0 Å². The molecule has 150 valence electrons. The Bertz CT molecular complexity index is 1000. The van der Waals surface area contributed by atoms with E-state index < -0.39 is 15.7 Å². The normalized spacial score (nSPS) is 14.3. The molecule has 0 bridgehead atoms. The molecular formula is C17H23N7O3S. The lowest BCUT2D eigenvalue weighted by atomic mass is 10.1. The largest absolute Gasteiger partial charge is 0.340 e. The van der Waals surface area contributed by atoms with E-state index in [0.29, 0.717) is 29.6 Å². The zero-order valence-corrected chi connectivity index (χ0v) is 16.9. The van der Waals surface area contributed by atoms with E-state index in [-0.39, 0.29) is 6.03 Å². The minimum absolute atomic E-state index is 0.230. The number of amides is 2. The zero-order chi connectivity index (χ0) is 20.7. The van der Waals surface area contributed by atoms with E-state index in [1.807, 2.05) is 0 Å². The van der Waals surface area contributed by atoms with Crippen molar-refractivity contribution in [2.24, 2.45) is 5.14 Å². The highest BCUT2D eigenvalue weighted by molar-refractivity contribution is 7.90. The lowest BCUT2D eigenvalue weighted by molar-refractivity contribution is 0.218. The number of aromatic nitrogens is 2. The van der Waals surface area contributed by atoms with Crippen molar-refractivity contribution in [2.75, 3.05) is 22.0 Å². The first-order valence-electron chi connectivity index (χ1n) is 8.53.